The van der Waals surface area contributed by atoms with Crippen LogP contribution in [-0.2, 0) is 6.42 Å². The quantitative estimate of drug-likeness (QED) is 0.917. The third-order valence-electron chi connectivity index (χ3n) is 4.37. The first kappa shape index (κ1) is 15.0. The van der Waals surface area contributed by atoms with Crippen LogP contribution >= 0.6 is 0 Å². The van der Waals surface area contributed by atoms with E-state index in [0.717, 1.165) is 49.4 Å². The van der Waals surface area contributed by atoms with E-state index in [1.165, 1.54) is 12.8 Å². The molecule has 3 nitrogen and oxygen atoms in total. The van der Waals surface area contributed by atoms with Crippen LogP contribution in [0.25, 0.3) is 0 Å². The zero-order valence-corrected chi connectivity index (χ0v) is 12.5. The number of hydrogen-bond donors (Lipinski definition) is 1. The molecule has 0 aliphatic carbocycles. The fourth-order valence-electron chi connectivity index (χ4n) is 3.05. The van der Waals surface area contributed by atoms with Gasteiger partial charge in [-0.05, 0) is 49.8 Å². The van der Waals surface area contributed by atoms with Crippen molar-refractivity contribution in [3.63, 3.8) is 0 Å². The van der Waals surface area contributed by atoms with Crippen molar-refractivity contribution in [3.05, 3.63) is 35.4 Å². The SMILES string of the molecule is CCC1CCCN(C(=O)c2ccccc2CCN)CC1. The zero-order valence-electron chi connectivity index (χ0n) is 12.5. The molecule has 1 amide bonds. The molecule has 1 aromatic rings. The summed E-state index contributed by atoms with van der Waals surface area (Å²) in [5.41, 5.74) is 7.56. The van der Waals surface area contributed by atoms with Gasteiger partial charge in [-0.15, -0.1) is 0 Å². The first-order valence-corrected chi connectivity index (χ1v) is 7.83. The van der Waals surface area contributed by atoms with Crippen molar-refractivity contribution in [1.82, 2.24) is 4.90 Å². The summed E-state index contributed by atoms with van der Waals surface area (Å²) in [7, 11) is 0. The van der Waals surface area contributed by atoms with Crippen molar-refractivity contribution in [3.8, 4) is 0 Å². The Bertz CT molecular complexity index is 444. The Morgan fingerprint density at radius 3 is 2.85 bits per heavy atom. The Kier molecular flexibility index (Phi) is 5.60. The van der Waals surface area contributed by atoms with Crippen molar-refractivity contribution >= 4 is 5.91 Å². The van der Waals surface area contributed by atoms with Gasteiger partial charge in [-0.2, -0.15) is 0 Å². The van der Waals surface area contributed by atoms with Crippen LogP contribution in [0.2, 0.25) is 0 Å². The minimum absolute atomic E-state index is 0.186. The molecule has 1 aliphatic heterocycles. The van der Waals surface area contributed by atoms with E-state index in [1.54, 1.807) is 0 Å². The highest BCUT2D eigenvalue weighted by Gasteiger charge is 2.22. The normalized spacial score (nSPS) is 19.7. The second kappa shape index (κ2) is 7.44. The van der Waals surface area contributed by atoms with Gasteiger partial charge in [-0.3, -0.25) is 4.79 Å². The molecule has 0 aromatic heterocycles. The smallest absolute Gasteiger partial charge is 0.254 e. The van der Waals surface area contributed by atoms with E-state index >= 15 is 0 Å². The maximum absolute atomic E-state index is 12.7. The van der Waals surface area contributed by atoms with E-state index in [-0.39, 0.29) is 5.91 Å². The average molecular weight is 274 g/mol. The van der Waals surface area contributed by atoms with Crippen molar-refractivity contribution in [1.29, 1.82) is 0 Å². The minimum Gasteiger partial charge on any atom is -0.339 e. The number of carbonyl (C=O) groups excluding carboxylic acids is 1. The monoisotopic (exact) mass is 274 g/mol. The Morgan fingerprint density at radius 2 is 2.10 bits per heavy atom. The van der Waals surface area contributed by atoms with Crippen LogP contribution in [-0.4, -0.2) is 30.4 Å². The molecule has 0 spiro atoms. The second-order valence-corrected chi connectivity index (χ2v) is 5.69. The van der Waals surface area contributed by atoms with Gasteiger partial charge in [0.15, 0.2) is 0 Å². The highest BCUT2D eigenvalue weighted by molar-refractivity contribution is 5.95. The van der Waals surface area contributed by atoms with E-state index in [0.29, 0.717) is 6.54 Å². The Morgan fingerprint density at radius 1 is 1.30 bits per heavy atom. The van der Waals surface area contributed by atoms with Crippen LogP contribution < -0.4 is 5.73 Å². The summed E-state index contributed by atoms with van der Waals surface area (Å²) >= 11 is 0. The number of benzene rings is 1. The van der Waals surface area contributed by atoms with Crippen molar-refractivity contribution in [2.45, 2.75) is 39.0 Å². The standard InChI is InChI=1S/C17H26N2O/c1-2-14-6-5-12-19(13-10-14)17(20)16-8-4-3-7-15(16)9-11-18/h3-4,7-8,14H,2,5-6,9-13,18H2,1H3. The molecule has 1 aliphatic rings. The molecule has 1 atom stereocenters. The topological polar surface area (TPSA) is 46.3 Å². The summed E-state index contributed by atoms with van der Waals surface area (Å²) in [6.45, 7) is 4.63. The molecule has 1 unspecified atom stereocenters. The average Bonchev–Trinajstić information content (AvgIpc) is 2.73. The van der Waals surface area contributed by atoms with Gasteiger partial charge in [0, 0.05) is 18.7 Å². The molecule has 0 radical (unpaired) electrons. The van der Waals surface area contributed by atoms with E-state index in [9.17, 15) is 4.79 Å². The van der Waals surface area contributed by atoms with Gasteiger partial charge >= 0.3 is 0 Å². The van der Waals surface area contributed by atoms with Crippen LogP contribution in [0.1, 0.15) is 48.5 Å². The summed E-state index contributed by atoms with van der Waals surface area (Å²) in [4.78, 5) is 14.8. The number of nitrogens with two attached hydrogens (primary N) is 1. The predicted molar refractivity (Wildman–Crippen MR) is 82.7 cm³/mol. The van der Waals surface area contributed by atoms with Crippen molar-refractivity contribution in [2.24, 2.45) is 11.7 Å². The fraction of sp³-hybridized carbons (Fsp3) is 0.588. The molecule has 1 fully saturated rings. The van der Waals surface area contributed by atoms with Crippen molar-refractivity contribution in [2.75, 3.05) is 19.6 Å². The second-order valence-electron chi connectivity index (χ2n) is 5.69. The maximum Gasteiger partial charge on any atom is 0.254 e. The van der Waals surface area contributed by atoms with E-state index in [2.05, 4.69) is 6.92 Å². The number of likely N-dealkylation sites (tertiary alicyclic amines) is 1. The Hall–Kier alpha value is -1.35. The number of rotatable bonds is 4. The molecule has 1 heterocycles. The van der Waals surface area contributed by atoms with Gasteiger partial charge in [0.25, 0.3) is 5.91 Å². The van der Waals surface area contributed by atoms with Gasteiger partial charge in [0.05, 0.1) is 0 Å². The van der Waals surface area contributed by atoms with Gasteiger partial charge in [0.1, 0.15) is 0 Å². The molecule has 0 bridgehead atoms. The molecule has 110 valence electrons. The van der Waals surface area contributed by atoms with E-state index in [4.69, 9.17) is 5.73 Å². The molecule has 0 saturated carbocycles. The fourth-order valence-corrected chi connectivity index (χ4v) is 3.05. The lowest BCUT2D eigenvalue weighted by molar-refractivity contribution is 0.0759. The summed E-state index contributed by atoms with van der Waals surface area (Å²) in [6, 6.07) is 7.89. The lowest BCUT2D eigenvalue weighted by Gasteiger charge is -2.22. The molecule has 3 heteroatoms. The molecule has 1 aromatic carbocycles. The predicted octanol–water partition coefficient (Wildman–Crippen LogP) is 2.84. The lowest BCUT2D eigenvalue weighted by atomic mass is 9.98. The zero-order chi connectivity index (χ0) is 14.4. The van der Waals surface area contributed by atoms with Crippen LogP contribution in [0.3, 0.4) is 0 Å². The van der Waals surface area contributed by atoms with Crippen molar-refractivity contribution < 1.29 is 4.79 Å². The first-order valence-electron chi connectivity index (χ1n) is 7.83. The highest BCUT2D eigenvalue weighted by Crippen LogP contribution is 2.22. The number of amides is 1. The molecular weight excluding hydrogens is 248 g/mol. The summed E-state index contributed by atoms with van der Waals surface area (Å²) in [6.07, 6.45) is 5.52. The highest BCUT2D eigenvalue weighted by atomic mass is 16.2. The van der Waals surface area contributed by atoms with Gasteiger partial charge in [-0.1, -0.05) is 31.5 Å². The summed E-state index contributed by atoms with van der Waals surface area (Å²) in [5, 5.41) is 0. The largest absolute Gasteiger partial charge is 0.339 e. The van der Waals surface area contributed by atoms with E-state index < -0.39 is 0 Å². The van der Waals surface area contributed by atoms with Gasteiger partial charge in [-0.25, -0.2) is 0 Å². The molecule has 1 saturated heterocycles. The molecule has 2 rings (SSSR count). The summed E-state index contributed by atoms with van der Waals surface area (Å²) in [5.74, 6) is 0.970. The van der Waals surface area contributed by atoms with Gasteiger partial charge in [0.2, 0.25) is 0 Å². The molecule has 20 heavy (non-hydrogen) atoms. The third-order valence-corrected chi connectivity index (χ3v) is 4.37. The minimum atomic E-state index is 0.186. The first-order chi connectivity index (χ1) is 9.76. The van der Waals surface area contributed by atoms with E-state index in [1.807, 2.05) is 29.2 Å². The van der Waals surface area contributed by atoms with Gasteiger partial charge < -0.3 is 10.6 Å². The number of hydrogen-bond acceptors (Lipinski definition) is 2. The lowest BCUT2D eigenvalue weighted by Crippen LogP contribution is -2.32. The maximum atomic E-state index is 12.7. The van der Waals surface area contributed by atoms with Crippen LogP contribution in [0, 0.1) is 5.92 Å². The van der Waals surface area contributed by atoms with Crippen LogP contribution in [0.4, 0.5) is 0 Å². The summed E-state index contributed by atoms with van der Waals surface area (Å²) < 4.78 is 0. The molecule has 2 N–H and O–H groups in total. The van der Waals surface area contributed by atoms with Crippen LogP contribution in [0.5, 0.6) is 0 Å². The Balaban J connectivity index is 2.10. The number of nitrogens with zero attached hydrogens (tertiary/aromatic N) is 1. The number of carbonyl (C=O) groups is 1. The Labute approximate surface area is 122 Å². The third kappa shape index (κ3) is 3.60. The van der Waals surface area contributed by atoms with Crippen LogP contribution in [0.15, 0.2) is 24.3 Å². The molecular formula is C17H26N2O.